The molecule has 22 heavy (non-hydrogen) atoms. The Morgan fingerprint density at radius 1 is 1.18 bits per heavy atom. The second-order valence-electron chi connectivity index (χ2n) is 5.60. The highest BCUT2D eigenvalue weighted by molar-refractivity contribution is 5.82. The normalized spacial score (nSPS) is 12.5. The summed E-state index contributed by atoms with van der Waals surface area (Å²) in [5, 5.41) is 13.7. The summed E-state index contributed by atoms with van der Waals surface area (Å²) in [4.78, 5) is 11.6. The van der Waals surface area contributed by atoms with Gasteiger partial charge in [0.05, 0.1) is 12.3 Å². The summed E-state index contributed by atoms with van der Waals surface area (Å²) in [6.07, 6.45) is 8.75. The van der Waals surface area contributed by atoms with Crippen LogP contribution < -0.4 is 5.43 Å². The molecule has 1 amide bonds. The maximum absolute atomic E-state index is 11.6. The van der Waals surface area contributed by atoms with Crippen molar-refractivity contribution in [2.45, 2.75) is 64.4 Å². The Kier molecular flexibility index (Phi) is 9.96. The van der Waals surface area contributed by atoms with Crippen LogP contribution in [0.2, 0.25) is 0 Å². The molecule has 1 atom stereocenters. The highest BCUT2D eigenvalue weighted by Crippen LogP contribution is 2.10. The molecule has 0 aliphatic heterocycles. The fourth-order valence-corrected chi connectivity index (χ4v) is 2.20. The summed E-state index contributed by atoms with van der Waals surface area (Å²) < 4.78 is 0. The molecule has 122 valence electrons. The Balaban J connectivity index is 2.08. The summed E-state index contributed by atoms with van der Waals surface area (Å²) in [7, 11) is 0. The van der Waals surface area contributed by atoms with Crippen LogP contribution in [0.5, 0.6) is 0 Å². The molecule has 0 saturated heterocycles. The number of hydrogen-bond donors (Lipinski definition) is 2. The van der Waals surface area contributed by atoms with Crippen molar-refractivity contribution >= 4 is 12.1 Å². The van der Waals surface area contributed by atoms with Gasteiger partial charge in [0.1, 0.15) is 0 Å². The summed E-state index contributed by atoms with van der Waals surface area (Å²) in [5.74, 6) is -0.155. The Morgan fingerprint density at radius 2 is 1.91 bits per heavy atom. The van der Waals surface area contributed by atoms with E-state index in [-0.39, 0.29) is 12.0 Å². The van der Waals surface area contributed by atoms with Crippen molar-refractivity contribution in [3.8, 4) is 0 Å². The molecule has 0 aliphatic rings. The summed E-state index contributed by atoms with van der Waals surface area (Å²) in [6, 6.07) is 9.59. The van der Waals surface area contributed by atoms with Crippen LogP contribution in [0.25, 0.3) is 0 Å². The summed E-state index contributed by atoms with van der Waals surface area (Å²) in [5.41, 5.74) is 3.43. The second-order valence-corrected chi connectivity index (χ2v) is 5.60. The van der Waals surface area contributed by atoms with Crippen molar-refractivity contribution in [2.24, 2.45) is 5.10 Å². The lowest BCUT2D eigenvalue weighted by Crippen LogP contribution is -2.19. The number of aliphatic hydroxyl groups excluding tert-OH is 1. The van der Waals surface area contributed by atoms with E-state index in [0.29, 0.717) is 12.8 Å². The van der Waals surface area contributed by atoms with Crippen LogP contribution in [0.1, 0.15) is 63.9 Å². The van der Waals surface area contributed by atoms with Crippen molar-refractivity contribution in [1.29, 1.82) is 0 Å². The molecule has 0 spiro atoms. The van der Waals surface area contributed by atoms with Crippen molar-refractivity contribution < 1.29 is 9.90 Å². The molecule has 0 bridgehead atoms. The molecule has 1 rings (SSSR count). The van der Waals surface area contributed by atoms with Gasteiger partial charge in [0.25, 0.3) is 0 Å². The number of benzene rings is 1. The second kappa shape index (κ2) is 11.9. The minimum absolute atomic E-state index is 0.155. The fraction of sp³-hybridized carbons (Fsp3) is 0.556. The van der Waals surface area contributed by atoms with E-state index in [1.54, 1.807) is 6.21 Å². The van der Waals surface area contributed by atoms with Gasteiger partial charge in [-0.2, -0.15) is 5.10 Å². The molecule has 4 heteroatoms. The molecule has 4 nitrogen and oxygen atoms in total. The third kappa shape index (κ3) is 9.29. The Morgan fingerprint density at radius 3 is 2.64 bits per heavy atom. The van der Waals surface area contributed by atoms with E-state index >= 15 is 0 Å². The summed E-state index contributed by atoms with van der Waals surface area (Å²) >= 11 is 0. The number of hydrazone groups is 1. The van der Waals surface area contributed by atoms with Gasteiger partial charge in [0.2, 0.25) is 5.91 Å². The SMILES string of the molecule is CCCCCCC[C@H](O)CCC(=O)N/N=C\c1ccccc1. The van der Waals surface area contributed by atoms with Crippen LogP contribution in [0, 0.1) is 0 Å². The average Bonchev–Trinajstić information content (AvgIpc) is 2.54. The van der Waals surface area contributed by atoms with Crippen molar-refractivity contribution in [2.75, 3.05) is 0 Å². The number of hydrogen-bond acceptors (Lipinski definition) is 3. The predicted molar refractivity (Wildman–Crippen MR) is 90.8 cm³/mol. The van der Waals surface area contributed by atoms with Crippen LogP contribution >= 0.6 is 0 Å². The number of carbonyl (C=O) groups excluding carboxylic acids is 1. The molecule has 1 aromatic carbocycles. The number of nitrogens with one attached hydrogen (secondary N) is 1. The molecule has 0 heterocycles. The number of carbonyl (C=O) groups is 1. The van der Waals surface area contributed by atoms with Gasteiger partial charge in [-0.1, -0.05) is 69.4 Å². The van der Waals surface area contributed by atoms with Gasteiger partial charge in [-0.3, -0.25) is 4.79 Å². The van der Waals surface area contributed by atoms with Crippen LogP contribution in [0.3, 0.4) is 0 Å². The molecule has 0 aromatic heterocycles. The lowest BCUT2D eigenvalue weighted by molar-refractivity contribution is -0.121. The molecular weight excluding hydrogens is 276 g/mol. The standard InChI is InChI=1S/C18H28N2O2/c1-2-3-4-5-9-12-17(21)13-14-18(22)20-19-15-16-10-7-6-8-11-16/h6-8,10-11,15,17,21H,2-5,9,12-14H2,1H3,(H,20,22)/b19-15-/t17-/m0/s1. The molecule has 1 aromatic rings. The quantitative estimate of drug-likeness (QED) is 0.372. The lowest BCUT2D eigenvalue weighted by atomic mass is 10.0. The molecule has 0 radical (unpaired) electrons. The number of rotatable bonds is 11. The molecule has 0 fully saturated rings. The van der Waals surface area contributed by atoms with Gasteiger partial charge in [-0.15, -0.1) is 0 Å². The van der Waals surface area contributed by atoms with Crippen LogP contribution in [-0.2, 0) is 4.79 Å². The first-order valence-electron chi connectivity index (χ1n) is 8.27. The molecular formula is C18H28N2O2. The van der Waals surface area contributed by atoms with Crippen LogP contribution in [-0.4, -0.2) is 23.3 Å². The Labute approximate surface area is 133 Å². The topological polar surface area (TPSA) is 61.7 Å². The average molecular weight is 304 g/mol. The first-order chi connectivity index (χ1) is 10.7. The van der Waals surface area contributed by atoms with E-state index < -0.39 is 0 Å². The van der Waals surface area contributed by atoms with E-state index in [0.717, 1.165) is 18.4 Å². The van der Waals surface area contributed by atoms with Gasteiger partial charge in [0, 0.05) is 6.42 Å². The third-order valence-electron chi connectivity index (χ3n) is 3.55. The molecule has 0 saturated carbocycles. The van der Waals surface area contributed by atoms with E-state index in [9.17, 15) is 9.90 Å². The maximum atomic E-state index is 11.6. The zero-order valence-corrected chi connectivity index (χ0v) is 13.5. The van der Waals surface area contributed by atoms with Crippen molar-refractivity contribution in [3.05, 3.63) is 35.9 Å². The number of nitrogens with zero attached hydrogens (tertiary/aromatic N) is 1. The van der Waals surface area contributed by atoms with Gasteiger partial charge in [-0.25, -0.2) is 5.43 Å². The van der Waals surface area contributed by atoms with Crippen molar-refractivity contribution in [3.63, 3.8) is 0 Å². The van der Waals surface area contributed by atoms with E-state index in [2.05, 4.69) is 17.5 Å². The van der Waals surface area contributed by atoms with Gasteiger partial charge >= 0.3 is 0 Å². The predicted octanol–water partition coefficient (Wildman–Crippen LogP) is 3.64. The number of amides is 1. The molecule has 0 aliphatic carbocycles. The van der Waals surface area contributed by atoms with Crippen LogP contribution in [0.4, 0.5) is 0 Å². The smallest absolute Gasteiger partial charge is 0.240 e. The molecule has 2 N–H and O–H groups in total. The monoisotopic (exact) mass is 304 g/mol. The zero-order chi connectivity index (χ0) is 16.0. The summed E-state index contributed by atoms with van der Waals surface area (Å²) in [6.45, 7) is 2.19. The van der Waals surface area contributed by atoms with Crippen molar-refractivity contribution in [1.82, 2.24) is 5.43 Å². The lowest BCUT2D eigenvalue weighted by Gasteiger charge is -2.09. The molecule has 0 unspecified atom stereocenters. The highest BCUT2D eigenvalue weighted by Gasteiger charge is 2.07. The fourth-order valence-electron chi connectivity index (χ4n) is 2.20. The largest absolute Gasteiger partial charge is 0.393 e. The zero-order valence-electron chi connectivity index (χ0n) is 13.5. The minimum Gasteiger partial charge on any atom is -0.393 e. The maximum Gasteiger partial charge on any atom is 0.240 e. The van der Waals surface area contributed by atoms with E-state index in [1.165, 1.54) is 25.7 Å². The Hall–Kier alpha value is -1.68. The Bertz CT molecular complexity index is 432. The van der Waals surface area contributed by atoms with Crippen LogP contribution in [0.15, 0.2) is 35.4 Å². The minimum atomic E-state index is -0.384. The van der Waals surface area contributed by atoms with Gasteiger partial charge in [-0.05, 0) is 18.4 Å². The van der Waals surface area contributed by atoms with E-state index in [1.807, 2.05) is 30.3 Å². The highest BCUT2D eigenvalue weighted by atomic mass is 16.3. The van der Waals surface area contributed by atoms with E-state index in [4.69, 9.17) is 0 Å². The first-order valence-corrected chi connectivity index (χ1v) is 8.27. The first kappa shape index (κ1) is 18.4. The van der Waals surface area contributed by atoms with Gasteiger partial charge < -0.3 is 5.11 Å². The third-order valence-corrected chi connectivity index (χ3v) is 3.55. The number of unbranched alkanes of at least 4 members (excludes halogenated alkanes) is 4. The number of aliphatic hydroxyl groups is 1. The van der Waals surface area contributed by atoms with Gasteiger partial charge in [0.15, 0.2) is 0 Å².